The number of methoxy groups -OCH3 is 1. The van der Waals surface area contributed by atoms with Gasteiger partial charge in [-0.25, -0.2) is 0 Å². The molecule has 0 saturated carbocycles. The largest absolute Gasteiger partial charge is 0.384 e. The van der Waals surface area contributed by atoms with Crippen molar-refractivity contribution in [1.82, 2.24) is 4.90 Å². The van der Waals surface area contributed by atoms with Gasteiger partial charge in [-0.15, -0.1) is 0 Å². The van der Waals surface area contributed by atoms with E-state index in [4.69, 9.17) is 10.5 Å². The van der Waals surface area contributed by atoms with Crippen LogP contribution in [0.5, 0.6) is 0 Å². The summed E-state index contributed by atoms with van der Waals surface area (Å²) in [6.07, 6.45) is 2.52. The van der Waals surface area contributed by atoms with Crippen LogP contribution in [0.25, 0.3) is 0 Å². The van der Waals surface area contributed by atoms with Gasteiger partial charge in [-0.1, -0.05) is 30.3 Å². The van der Waals surface area contributed by atoms with E-state index in [1.165, 1.54) is 18.4 Å². The Bertz CT molecular complexity index is 376. The van der Waals surface area contributed by atoms with Gasteiger partial charge < -0.3 is 15.4 Å². The molecule has 0 aliphatic carbocycles. The van der Waals surface area contributed by atoms with Crippen molar-refractivity contribution in [3.05, 3.63) is 35.9 Å². The SMILES string of the molecule is COCC1CCCN(CC(C)(N)c2ccccc2)C1. The van der Waals surface area contributed by atoms with Gasteiger partial charge in [0.1, 0.15) is 0 Å². The molecule has 3 heteroatoms. The fraction of sp³-hybridized carbons (Fsp3) is 0.625. The zero-order valence-electron chi connectivity index (χ0n) is 12.1. The lowest BCUT2D eigenvalue weighted by Crippen LogP contribution is -2.49. The summed E-state index contributed by atoms with van der Waals surface area (Å²) in [6, 6.07) is 10.4. The Balaban J connectivity index is 1.96. The molecule has 1 heterocycles. The van der Waals surface area contributed by atoms with Gasteiger partial charge in [-0.05, 0) is 37.8 Å². The molecule has 106 valence electrons. The number of likely N-dealkylation sites (tertiary alicyclic amines) is 1. The summed E-state index contributed by atoms with van der Waals surface area (Å²) in [6.45, 7) is 6.16. The molecule has 2 atom stereocenters. The third kappa shape index (κ3) is 4.03. The number of rotatable bonds is 5. The first-order valence-corrected chi connectivity index (χ1v) is 7.17. The van der Waals surface area contributed by atoms with Gasteiger partial charge in [0.25, 0.3) is 0 Å². The maximum absolute atomic E-state index is 6.52. The second kappa shape index (κ2) is 6.51. The highest BCUT2D eigenvalue weighted by Gasteiger charge is 2.27. The van der Waals surface area contributed by atoms with Crippen molar-refractivity contribution in [2.45, 2.75) is 25.3 Å². The van der Waals surface area contributed by atoms with Gasteiger partial charge in [0.2, 0.25) is 0 Å². The maximum atomic E-state index is 6.52. The zero-order chi connectivity index (χ0) is 13.7. The molecule has 1 aromatic rings. The van der Waals surface area contributed by atoms with Crippen molar-refractivity contribution in [1.29, 1.82) is 0 Å². The highest BCUT2D eigenvalue weighted by atomic mass is 16.5. The molecule has 0 bridgehead atoms. The molecule has 1 saturated heterocycles. The Labute approximate surface area is 116 Å². The number of hydrogen-bond donors (Lipinski definition) is 1. The Morgan fingerprint density at radius 3 is 2.79 bits per heavy atom. The second-order valence-electron chi connectivity index (χ2n) is 5.98. The first-order chi connectivity index (χ1) is 9.12. The van der Waals surface area contributed by atoms with Crippen LogP contribution in [-0.2, 0) is 10.3 Å². The van der Waals surface area contributed by atoms with Crippen molar-refractivity contribution in [3.8, 4) is 0 Å². The van der Waals surface area contributed by atoms with Crippen LogP contribution in [0.4, 0.5) is 0 Å². The van der Waals surface area contributed by atoms with E-state index in [9.17, 15) is 0 Å². The number of benzene rings is 1. The Morgan fingerprint density at radius 1 is 1.37 bits per heavy atom. The van der Waals surface area contributed by atoms with Gasteiger partial charge >= 0.3 is 0 Å². The van der Waals surface area contributed by atoms with Gasteiger partial charge in [0.05, 0.1) is 12.1 Å². The van der Waals surface area contributed by atoms with Gasteiger partial charge in [-0.3, -0.25) is 0 Å². The number of nitrogens with two attached hydrogens (primary N) is 1. The van der Waals surface area contributed by atoms with Gasteiger partial charge in [-0.2, -0.15) is 0 Å². The smallest absolute Gasteiger partial charge is 0.0509 e. The third-order valence-corrected chi connectivity index (χ3v) is 3.99. The van der Waals surface area contributed by atoms with Crippen molar-refractivity contribution in [2.75, 3.05) is 33.4 Å². The average molecular weight is 262 g/mol. The summed E-state index contributed by atoms with van der Waals surface area (Å²) >= 11 is 0. The number of piperidine rings is 1. The molecule has 2 N–H and O–H groups in total. The minimum absolute atomic E-state index is 0.282. The quantitative estimate of drug-likeness (QED) is 0.884. The minimum atomic E-state index is -0.282. The van der Waals surface area contributed by atoms with E-state index < -0.39 is 0 Å². The zero-order valence-corrected chi connectivity index (χ0v) is 12.1. The van der Waals surface area contributed by atoms with Crippen LogP contribution in [0.15, 0.2) is 30.3 Å². The summed E-state index contributed by atoms with van der Waals surface area (Å²) < 4.78 is 5.29. The monoisotopic (exact) mass is 262 g/mol. The molecular formula is C16H26N2O. The number of hydrogen-bond acceptors (Lipinski definition) is 3. The van der Waals surface area contributed by atoms with Crippen molar-refractivity contribution < 1.29 is 4.74 Å². The van der Waals surface area contributed by atoms with Crippen molar-refractivity contribution in [3.63, 3.8) is 0 Å². The van der Waals surface area contributed by atoms with E-state index in [1.807, 2.05) is 6.07 Å². The Morgan fingerprint density at radius 2 is 2.11 bits per heavy atom. The van der Waals surface area contributed by atoms with Crippen LogP contribution >= 0.6 is 0 Å². The summed E-state index contributed by atoms with van der Waals surface area (Å²) in [5, 5.41) is 0. The predicted molar refractivity (Wildman–Crippen MR) is 79.0 cm³/mol. The lowest BCUT2D eigenvalue weighted by atomic mass is 9.90. The predicted octanol–water partition coefficient (Wildman–Crippen LogP) is 2.22. The summed E-state index contributed by atoms with van der Waals surface area (Å²) in [4.78, 5) is 2.49. The molecule has 1 fully saturated rings. The average Bonchev–Trinajstić information content (AvgIpc) is 2.40. The lowest BCUT2D eigenvalue weighted by Gasteiger charge is -2.38. The molecule has 1 aliphatic rings. The highest BCUT2D eigenvalue weighted by Crippen LogP contribution is 2.23. The number of ether oxygens (including phenoxy) is 1. The first kappa shape index (κ1) is 14.5. The van der Waals surface area contributed by atoms with Crippen LogP contribution in [-0.4, -0.2) is 38.3 Å². The lowest BCUT2D eigenvalue weighted by molar-refractivity contribution is 0.0800. The molecule has 0 radical (unpaired) electrons. The van der Waals surface area contributed by atoms with Crippen LogP contribution in [0, 0.1) is 5.92 Å². The van der Waals surface area contributed by atoms with Crippen LogP contribution in [0.2, 0.25) is 0 Å². The Hall–Kier alpha value is -0.900. The second-order valence-corrected chi connectivity index (χ2v) is 5.98. The van der Waals surface area contributed by atoms with Crippen LogP contribution in [0.1, 0.15) is 25.3 Å². The normalized spacial score (nSPS) is 24.1. The maximum Gasteiger partial charge on any atom is 0.0509 e. The topological polar surface area (TPSA) is 38.5 Å². The van der Waals surface area contributed by atoms with Gasteiger partial charge in [0, 0.05) is 20.2 Å². The molecule has 1 aromatic carbocycles. The molecule has 19 heavy (non-hydrogen) atoms. The van der Waals surface area contributed by atoms with Crippen LogP contribution < -0.4 is 5.73 Å². The summed E-state index contributed by atoms with van der Waals surface area (Å²) in [7, 11) is 1.79. The van der Waals surface area contributed by atoms with E-state index >= 15 is 0 Å². The Kier molecular flexibility index (Phi) is 4.97. The van der Waals surface area contributed by atoms with Crippen molar-refractivity contribution in [2.24, 2.45) is 11.7 Å². The summed E-state index contributed by atoms with van der Waals surface area (Å²) in [5.74, 6) is 0.658. The van der Waals surface area contributed by atoms with E-state index in [0.29, 0.717) is 5.92 Å². The van der Waals surface area contributed by atoms with E-state index in [-0.39, 0.29) is 5.54 Å². The van der Waals surface area contributed by atoms with E-state index in [1.54, 1.807) is 7.11 Å². The van der Waals surface area contributed by atoms with E-state index in [0.717, 1.165) is 26.2 Å². The minimum Gasteiger partial charge on any atom is -0.384 e. The number of nitrogens with zero attached hydrogens (tertiary/aromatic N) is 1. The van der Waals surface area contributed by atoms with Crippen molar-refractivity contribution >= 4 is 0 Å². The summed E-state index contributed by atoms with van der Waals surface area (Å²) in [5.41, 5.74) is 7.45. The standard InChI is InChI=1S/C16H26N2O/c1-16(17,15-8-4-3-5-9-15)13-18-10-6-7-14(11-18)12-19-2/h3-5,8-9,14H,6-7,10-13,17H2,1-2H3. The molecule has 2 unspecified atom stereocenters. The van der Waals surface area contributed by atoms with Gasteiger partial charge in [0.15, 0.2) is 0 Å². The van der Waals surface area contributed by atoms with Crippen LogP contribution in [0.3, 0.4) is 0 Å². The third-order valence-electron chi connectivity index (χ3n) is 3.99. The molecule has 2 rings (SSSR count). The van der Waals surface area contributed by atoms with E-state index in [2.05, 4.69) is 36.1 Å². The molecule has 0 amide bonds. The fourth-order valence-electron chi connectivity index (χ4n) is 3.04. The molecule has 1 aliphatic heterocycles. The molecule has 0 aromatic heterocycles. The fourth-order valence-corrected chi connectivity index (χ4v) is 3.04. The highest BCUT2D eigenvalue weighted by molar-refractivity contribution is 5.23. The molecular weight excluding hydrogens is 236 g/mol. The molecule has 3 nitrogen and oxygen atoms in total. The first-order valence-electron chi connectivity index (χ1n) is 7.17. The molecule has 0 spiro atoms.